The lowest BCUT2D eigenvalue weighted by Gasteiger charge is -2.26. The second kappa shape index (κ2) is 8.46. The van der Waals surface area contributed by atoms with E-state index in [0.717, 1.165) is 0 Å². The molecule has 3 N–H and O–H groups in total. The number of carbonyl (C=O) groups excluding carboxylic acids is 1. The number of benzene rings is 2. The van der Waals surface area contributed by atoms with Gasteiger partial charge in [-0.15, -0.1) is 0 Å². The highest BCUT2D eigenvalue weighted by Gasteiger charge is 2.24. The molecule has 1 amide bonds. The molecule has 0 saturated carbocycles. The number of nitrogens with zero attached hydrogens (tertiary/aromatic N) is 1. The fourth-order valence-electron chi connectivity index (χ4n) is 2.79. The fourth-order valence-corrected chi connectivity index (χ4v) is 4.78. The number of hydrogen-bond acceptors (Lipinski definition) is 5. The van der Waals surface area contributed by atoms with E-state index in [-0.39, 0.29) is 15.7 Å². The van der Waals surface area contributed by atoms with Crippen LogP contribution in [0.15, 0.2) is 58.3 Å². The molecule has 2 aromatic carbocycles. The predicted molar refractivity (Wildman–Crippen MR) is 115 cm³/mol. The minimum Gasteiger partial charge on any atom is -0.335 e. The van der Waals surface area contributed by atoms with Gasteiger partial charge >= 0.3 is 0 Å². The summed E-state index contributed by atoms with van der Waals surface area (Å²) in [7, 11) is -5.97. The number of primary sulfonamides is 1. The molecule has 2 aromatic rings. The Kier molecular flexibility index (Phi) is 6.77. The van der Waals surface area contributed by atoms with E-state index in [1.165, 1.54) is 41.3 Å². The maximum atomic E-state index is 12.8. The molecule has 0 aliphatic rings. The first-order valence-electron chi connectivity index (χ1n) is 9.16. The summed E-state index contributed by atoms with van der Waals surface area (Å²) in [6.07, 6.45) is 0. The third kappa shape index (κ3) is 5.88. The van der Waals surface area contributed by atoms with Crippen molar-refractivity contribution in [1.29, 1.82) is 0 Å². The monoisotopic (exact) mass is 453 g/mol. The van der Waals surface area contributed by atoms with E-state index in [4.69, 9.17) is 5.14 Å². The van der Waals surface area contributed by atoms with Gasteiger partial charge in [0.1, 0.15) is 0 Å². The van der Waals surface area contributed by atoms with Crippen LogP contribution in [0.25, 0.3) is 0 Å². The summed E-state index contributed by atoms with van der Waals surface area (Å²) in [5.74, 6) is -0.337. The van der Waals surface area contributed by atoms with Gasteiger partial charge in [0.05, 0.1) is 15.8 Å². The van der Waals surface area contributed by atoms with Crippen molar-refractivity contribution in [3.8, 4) is 0 Å². The predicted octanol–water partition coefficient (Wildman–Crippen LogP) is 2.24. The van der Waals surface area contributed by atoms with Crippen molar-refractivity contribution in [1.82, 2.24) is 9.62 Å². The molecule has 0 saturated heterocycles. The van der Waals surface area contributed by atoms with Crippen LogP contribution in [0.3, 0.4) is 0 Å². The van der Waals surface area contributed by atoms with Gasteiger partial charge in [0.25, 0.3) is 5.91 Å². The minimum atomic E-state index is -3.86. The summed E-state index contributed by atoms with van der Waals surface area (Å²) in [6, 6.07) is 11.3. The van der Waals surface area contributed by atoms with Crippen LogP contribution >= 0.6 is 0 Å². The molecule has 10 heteroatoms. The molecule has 2 rings (SSSR count). The van der Waals surface area contributed by atoms with Crippen LogP contribution < -0.4 is 9.86 Å². The Hall–Kier alpha value is -2.27. The van der Waals surface area contributed by atoms with Crippen molar-refractivity contribution < 1.29 is 21.6 Å². The molecule has 0 radical (unpaired) electrons. The van der Waals surface area contributed by atoms with E-state index in [9.17, 15) is 21.6 Å². The second-order valence-corrected chi connectivity index (χ2v) is 11.3. The van der Waals surface area contributed by atoms with E-state index < -0.39 is 31.6 Å². The Morgan fingerprint density at radius 1 is 1.00 bits per heavy atom. The van der Waals surface area contributed by atoms with Gasteiger partial charge in [-0.05, 0) is 69.7 Å². The largest absolute Gasteiger partial charge is 0.335 e. The summed E-state index contributed by atoms with van der Waals surface area (Å²) in [5.41, 5.74) is 0.279. The Morgan fingerprint density at radius 2 is 1.57 bits per heavy atom. The first-order valence-corrected chi connectivity index (χ1v) is 12.2. The molecular formula is C20H27N3O5S2. The van der Waals surface area contributed by atoms with Gasteiger partial charge in [-0.1, -0.05) is 12.1 Å². The molecule has 0 heterocycles. The Labute approximate surface area is 178 Å². The number of sulfonamides is 2. The summed E-state index contributed by atoms with van der Waals surface area (Å²) in [4.78, 5) is 14.3. The van der Waals surface area contributed by atoms with Gasteiger partial charge in [-0.25, -0.2) is 26.7 Å². The van der Waals surface area contributed by atoms with Crippen LogP contribution in [-0.2, 0) is 20.0 Å². The van der Waals surface area contributed by atoms with Gasteiger partial charge in [0.15, 0.2) is 0 Å². The van der Waals surface area contributed by atoms with E-state index in [1.807, 2.05) is 0 Å². The maximum absolute atomic E-state index is 12.8. The molecule has 0 fully saturated rings. The zero-order valence-electron chi connectivity index (χ0n) is 17.6. The lowest BCUT2D eigenvalue weighted by Crippen LogP contribution is -2.40. The standard InChI is InChI=1S/C20H27N3O5S2/c1-14(16-7-6-8-18(13-16)29(21,25)26)23(5)19(24)15-9-11-17(12-10-15)30(27,28)22-20(2,3)4/h6-14,22H,1-5H3,(H2,21,25,26). The highest BCUT2D eigenvalue weighted by atomic mass is 32.2. The fraction of sp³-hybridized carbons (Fsp3) is 0.350. The molecule has 30 heavy (non-hydrogen) atoms. The quantitative estimate of drug-likeness (QED) is 0.693. The average Bonchev–Trinajstić information content (AvgIpc) is 2.64. The summed E-state index contributed by atoms with van der Waals surface area (Å²) >= 11 is 0. The Balaban J connectivity index is 2.24. The van der Waals surface area contributed by atoms with Gasteiger partial charge in [-0.3, -0.25) is 4.79 Å². The van der Waals surface area contributed by atoms with Crippen molar-refractivity contribution >= 4 is 26.0 Å². The molecule has 1 atom stereocenters. The topological polar surface area (TPSA) is 127 Å². The molecule has 0 spiro atoms. The van der Waals surface area contributed by atoms with E-state index >= 15 is 0 Å². The Bertz CT molecular complexity index is 1140. The average molecular weight is 454 g/mol. The minimum absolute atomic E-state index is 0.0337. The lowest BCUT2D eigenvalue weighted by atomic mass is 10.1. The molecule has 0 bridgehead atoms. The molecule has 0 aliphatic carbocycles. The molecule has 1 unspecified atom stereocenters. The molecule has 8 nitrogen and oxygen atoms in total. The highest BCUT2D eigenvalue weighted by Crippen LogP contribution is 2.23. The van der Waals surface area contributed by atoms with Gasteiger partial charge in [0.2, 0.25) is 20.0 Å². The lowest BCUT2D eigenvalue weighted by molar-refractivity contribution is 0.0742. The van der Waals surface area contributed by atoms with E-state index in [1.54, 1.807) is 46.9 Å². The van der Waals surface area contributed by atoms with Gasteiger partial charge in [-0.2, -0.15) is 0 Å². The summed E-state index contributed by atoms with van der Waals surface area (Å²) in [6.45, 7) is 6.98. The smallest absolute Gasteiger partial charge is 0.254 e. The number of rotatable bonds is 6. The number of nitrogens with one attached hydrogen (secondary N) is 1. The Morgan fingerprint density at radius 3 is 2.07 bits per heavy atom. The number of amides is 1. The molecule has 0 aromatic heterocycles. The van der Waals surface area contributed by atoms with Crippen LogP contribution in [0.5, 0.6) is 0 Å². The number of nitrogens with two attached hydrogens (primary N) is 1. The number of carbonyl (C=O) groups is 1. The molecule has 0 aliphatic heterocycles. The van der Waals surface area contributed by atoms with Crippen molar-refractivity contribution in [2.75, 3.05) is 7.05 Å². The SMILES string of the molecule is CC(c1cccc(S(N)(=O)=O)c1)N(C)C(=O)c1ccc(S(=O)(=O)NC(C)(C)C)cc1. The van der Waals surface area contributed by atoms with Gasteiger partial charge < -0.3 is 4.90 Å². The normalized spacial score (nSPS) is 13.7. The third-order valence-electron chi connectivity index (χ3n) is 4.42. The number of hydrogen-bond donors (Lipinski definition) is 2. The maximum Gasteiger partial charge on any atom is 0.254 e. The van der Waals surface area contributed by atoms with Crippen LogP contribution in [0.1, 0.15) is 49.7 Å². The molecular weight excluding hydrogens is 426 g/mol. The van der Waals surface area contributed by atoms with Crippen molar-refractivity contribution in [3.63, 3.8) is 0 Å². The third-order valence-corrected chi connectivity index (χ3v) is 7.11. The van der Waals surface area contributed by atoms with Gasteiger partial charge in [0, 0.05) is 18.2 Å². The molecule has 164 valence electrons. The van der Waals surface area contributed by atoms with Crippen molar-refractivity contribution in [3.05, 3.63) is 59.7 Å². The zero-order chi connectivity index (χ0) is 22.9. The van der Waals surface area contributed by atoms with Crippen LogP contribution in [0, 0.1) is 0 Å². The van der Waals surface area contributed by atoms with E-state index in [2.05, 4.69) is 4.72 Å². The first-order chi connectivity index (χ1) is 13.6. The first kappa shape index (κ1) is 24.0. The van der Waals surface area contributed by atoms with Crippen LogP contribution in [-0.4, -0.2) is 40.2 Å². The van der Waals surface area contributed by atoms with Crippen molar-refractivity contribution in [2.45, 2.75) is 49.1 Å². The van der Waals surface area contributed by atoms with Crippen LogP contribution in [0.2, 0.25) is 0 Å². The summed E-state index contributed by atoms with van der Waals surface area (Å²) < 4.78 is 50.5. The van der Waals surface area contributed by atoms with Crippen molar-refractivity contribution in [2.24, 2.45) is 5.14 Å². The summed E-state index contributed by atoms with van der Waals surface area (Å²) in [5, 5.41) is 5.18. The highest BCUT2D eigenvalue weighted by molar-refractivity contribution is 7.89. The van der Waals surface area contributed by atoms with Crippen LogP contribution in [0.4, 0.5) is 0 Å². The zero-order valence-corrected chi connectivity index (χ0v) is 19.2. The second-order valence-electron chi connectivity index (χ2n) is 8.09. The van der Waals surface area contributed by atoms with E-state index in [0.29, 0.717) is 11.1 Å².